The number of nitrogens with zero attached hydrogens (tertiary/aromatic N) is 1. The molecule has 188 valence electrons. The molecular formula is C29H32N3O3W-. The van der Waals surface area contributed by atoms with E-state index in [1.54, 1.807) is 18.5 Å². The maximum atomic E-state index is 12.9. The number of anilines is 1. The maximum absolute atomic E-state index is 12.9. The van der Waals surface area contributed by atoms with Crippen LogP contribution in [0.15, 0.2) is 78.1 Å². The van der Waals surface area contributed by atoms with Crippen molar-refractivity contribution in [2.75, 3.05) is 5.32 Å². The molecule has 36 heavy (non-hydrogen) atoms. The van der Waals surface area contributed by atoms with Gasteiger partial charge in [-0.15, -0.1) is 0 Å². The SMILES string of the molecule is CC.CC.Cc1cc(Oc2[c-]cncc2)c(C)cc1NC(=O)c1c[nH]cc(-c2ccccc2)c1=O.[W]. The molecule has 0 bridgehead atoms. The van der Waals surface area contributed by atoms with Crippen LogP contribution in [0.25, 0.3) is 11.1 Å². The van der Waals surface area contributed by atoms with Crippen molar-refractivity contribution in [3.8, 4) is 22.6 Å². The van der Waals surface area contributed by atoms with Crippen LogP contribution in [-0.4, -0.2) is 15.9 Å². The van der Waals surface area contributed by atoms with Gasteiger partial charge < -0.3 is 20.0 Å². The molecule has 2 N–H and O–H groups in total. The molecule has 0 aliphatic heterocycles. The van der Waals surface area contributed by atoms with Gasteiger partial charge in [0.2, 0.25) is 5.43 Å². The molecule has 4 aromatic rings. The number of pyridine rings is 2. The number of H-pyrrole nitrogens is 1. The summed E-state index contributed by atoms with van der Waals surface area (Å²) in [6.45, 7) is 11.7. The number of nitrogens with one attached hydrogen (secondary N) is 2. The Hall–Kier alpha value is -3.50. The van der Waals surface area contributed by atoms with E-state index in [0.29, 0.717) is 22.7 Å². The second-order valence-corrected chi connectivity index (χ2v) is 7.07. The number of aryl methyl sites for hydroxylation is 2. The molecule has 0 fully saturated rings. The summed E-state index contributed by atoms with van der Waals surface area (Å²) in [5, 5.41) is 2.85. The molecular weight excluding hydrogens is 622 g/mol. The normalized spacial score (nSPS) is 9.39. The third-order valence-corrected chi connectivity index (χ3v) is 4.86. The van der Waals surface area contributed by atoms with Gasteiger partial charge in [-0.25, -0.2) is 0 Å². The molecule has 0 saturated heterocycles. The monoisotopic (exact) mass is 654 g/mol. The van der Waals surface area contributed by atoms with Crippen molar-refractivity contribution < 1.29 is 30.6 Å². The van der Waals surface area contributed by atoms with E-state index in [4.69, 9.17) is 4.74 Å². The van der Waals surface area contributed by atoms with Gasteiger partial charge in [-0.05, 0) is 48.4 Å². The van der Waals surface area contributed by atoms with Crippen molar-refractivity contribution in [2.45, 2.75) is 41.5 Å². The number of rotatable bonds is 5. The maximum Gasteiger partial charge on any atom is 0.261 e. The molecule has 0 aliphatic carbocycles. The number of carbonyl (C=O) groups excluding carboxylic acids is 1. The number of amides is 1. The Bertz CT molecular complexity index is 1290. The second-order valence-electron chi connectivity index (χ2n) is 7.07. The number of aromatic amines is 1. The molecule has 4 rings (SSSR count). The van der Waals surface area contributed by atoms with Crippen molar-refractivity contribution >= 4 is 11.6 Å². The summed E-state index contributed by atoms with van der Waals surface area (Å²) in [7, 11) is 0. The first-order valence-corrected chi connectivity index (χ1v) is 11.7. The Morgan fingerprint density at radius 1 is 0.972 bits per heavy atom. The van der Waals surface area contributed by atoms with Crippen molar-refractivity contribution in [2.24, 2.45) is 0 Å². The van der Waals surface area contributed by atoms with Gasteiger partial charge in [0, 0.05) is 44.7 Å². The summed E-state index contributed by atoms with van der Waals surface area (Å²) in [4.78, 5) is 32.6. The average Bonchev–Trinajstić information content (AvgIpc) is 2.90. The van der Waals surface area contributed by atoms with Crippen LogP contribution in [0.4, 0.5) is 5.69 Å². The predicted molar refractivity (Wildman–Crippen MR) is 142 cm³/mol. The fraction of sp³-hybridized carbons (Fsp3) is 0.207. The van der Waals surface area contributed by atoms with Crippen molar-refractivity contribution in [3.63, 3.8) is 0 Å². The molecule has 0 spiro atoms. The summed E-state index contributed by atoms with van der Waals surface area (Å²) in [5.74, 6) is 0.734. The zero-order chi connectivity index (χ0) is 25.8. The van der Waals surface area contributed by atoms with E-state index in [-0.39, 0.29) is 32.1 Å². The van der Waals surface area contributed by atoms with Gasteiger partial charge in [0.25, 0.3) is 5.91 Å². The van der Waals surface area contributed by atoms with Gasteiger partial charge >= 0.3 is 0 Å². The standard InChI is InChI=1S/C25H20N3O3.2C2H6.W/c1-16-13-23(31-19-8-10-26-11-9-19)17(2)12-22(16)28-25(30)21-15-27-14-20(24(21)29)18-6-4-3-5-7-18;2*1-2;/h3-8,10-15H,1-2H3,(H,27,29)(H,28,30);2*1-2H3;/q-1;;;. The van der Waals surface area contributed by atoms with Crippen molar-refractivity contribution in [1.82, 2.24) is 9.97 Å². The van der Waals surface area contributed by atoms with E-state index in [9.17, 15) is 9.59 Å². The quantitative estimate of drug-likeness (QED) is 0.228. The van der Waals surface area contributed by atoms with Crippen LogP contribution in [0.3, 0.4) is 0 Å². The van der Waals surface area contributed by atoms with E-state index in [0.717, 1.165) is 16.7 Å². The molecule has 0 saturated carbocycles. The number of ether oxygens (including phenoxy) is 1. The zero-order valence-corrected chi connectivity index (χ0v) is 24.4. The molecule has 0 aliphatic rings. The van der Waals surface area contributed by atoms with E-state index in [1.807, 2.05) is 84.0 Å². The molecule has 2 aromatic carbocycles. The number of aromatic nitrogens is 2. The van der Waals surface area contributed by atoms with Crippen molar-refractivity contribution in [1.29, 1.82) is 0 Å². The van der Waals surface area contributed by atoms with Gasteiger partial charge in [-0.1, -0.05) is 70.4 Å². The molecule has 1 amide bonds. The third kappa shape index (κ3) is 7.76. The van der Waals surface area contributed by atoms with Crippen LogP contribution < -0.4 is 15.5 Å². The topological polar surface area (TPSA) is 84.1 Å². The first-order valence-electron chi connectivity index (χ1n) is 11.7. The number of hydrogen-bond acceptors (Lipinski definition) is 4. The molecule has 0 unspecified atom stereocenters. The van der Waals surface area contributed by atoms with E-state index < -0.39 is 5.91 Å². The van der Waals surface area contributed by atoms with Gasteiger partial charge in [0.1, 0.15) is 11.3 Å². The largest absolute Gasteiger partial charge is 0.495 e. The first kappa shape index (κ1) is 30.5. The van der Waals surface area contributed by atoms with Crippen LogP contribution in [0.5, 0.6) is 11.5 Å². The Morgan fingerprint density at radius 2 is 1.67 bits per heavy atom. The average molecular weight is 654 g/mol. The van der Waals surface area contributed by atoms with E-state index in [1.165, 1.54) is 12.4 Å². The summed E-state index contributed by atoms with van der Waals surface area (Å²) >= 11 is 0. The Kier molecular flexibility index (Phi) is 13.1. The number of benzene rings is 2. The Morgan fingerprint density at radius 3 is 2.31 bits per heavy atom. The summed E-state index contributed by atoms with van der Waals surface area (Å²) in [5.41, 5.74) is 3.16. The number of carbonyl (C=O) groups is 1. The first-order chi connectivity index (χ1) is 17.0. The summed E-state index contributed by atoms with van der Waals surface area (Å²) in [6.07, 6.45) is 6.19. The van der Waals surface area contributed by atoms with E-state index in [2.05, 4.69) is 21.4 Å². The fourth-order valence-electron chi connectivity index (χ4n) is 3.19. The molecule has 2 aromatic heterocycles. The Balaban J connectivity index is 0.00000123. The molecule has 2 heterocycles. The number of hydrogen-bond donors (Lipinski definition) is 2. The van der Waals surface area contributed by atoms with Crippen molar-refractivity contribution in [3.05, 3.63) is 106 Å². The predicted octanol–water partition coefficient (Wildman–Crippen LogP) is 6.95. The van der Waals surface area contributed by atoms with Crippen LogP contribution in [0.2, 0.25) is 0 Å². The van der Waals surface area contributed by atoms with Gasteiger partial charge in [-0.3, -0.25) is 9.59 Å². The van der Waals surface area contributed by atoms with Gasteiger partial charge in [-0.2, -0.15) is 12.1 Å². The molecule has 0 atom stereocenters. The second kappa shape index (κ2) is 15.5. The van der Waals surface area contributed by atoms with Gasteiger partial charge in [0.05, 0.1) is 0 Å². The fourth-order valence-corrected chi connectivity index (χ4v) is 3.19. The minimum atomic E-state index is -0.474. The van der Waals surface area contributed by atoms with Gasteiger partial charge in [0.15, 0.2) is 0 Å². The van der Waals surface area contributed by atoms with Crippen LogP contribution in [-0.2, 0) is 21.1 Å². The molecule has 7 heteroatoms. The summed E-state index contributed by atoms with van der Waals surface area (Å²) in [6, 6.07) is 17.5. The zero-order valence-electron chi connectivity index (χ0n) is 21.5. The van der Waals surface area contributed by atoms with Crippen LogP contribution >= 0.6 is 0 Å². The minimum absolute atomic E-state index is 0. The van der Waals surface area contributed by atoms with Crippen LogP contribution in [0, 0.1) is 19.9 Å². The summed E-state index contributed by atoms with van der Waals surface area (Å²) < 4.78 is 5.86. The van der Waals surface area contributed by atoms with E-state index >= 15 is 0 Å². The minimum Gasteiger partial charge on any atom is -0.495 e. The van der Waals surface area contributed by atoms with Crippen LogP contribution in [0.1, 0.15) is 49.2 Å². The third-order valence-electron chi connectivity index (χ3n) is 4.86. The Labute approximate surface area is 227 Å². The molecule has 0 radical (unpaired) electrons. The molecule has 6 nitrogen and oxygen atoms in total. The smallest absolute Gasteiger partial charge is 0.261 e.